The lowest BCUT2D eigenvalue weighted by Gasteiger charge is -2.18. The van der Waals surface area contributed by atoms with Crippen LogP contribution in [0.25, 0.3) is 0 Å². The van der Waals surface area contributed by atoms with Crippen molar-refractivity contribution in [2.75, 3.05) is 31.7 Å². The number of hydrogen-bond donors (Lipinski definition) is 1. The minimum absolute atomic E-state index is 0.162. The van der Waals surface area contributed by atoms with E-state index in [9.17, 15) is 14.4 Å². The van der Waals surface area contributed by atoms with Crippen LogP contribution in [0.3, 0.4) is 0 Å². The Morgan fingerprint density at radius 2 is 2.00 bits per heavy atom. The molecule has 6 heteroatoms. The number of anilines is 1. The van der Waals surface area contributed by atoms with E-state index < -0.39 is 11.7 Å². The monoisotopic (exact) mass is 290 g/mol. The Labute approximate surface area is 123 Å². The molecule has 21 heavy (non-hydrogen) atoms. The molecule has 1 aliphatic rings. The fraction of sp³-hybridized carbons (Fsp3) is 0.400. The molecule has 1 aromatic rings. The molecule has 1 aromatic carbocycles. The van der Waals surface area contributed by atoms with Gasteiger partial charge in [-0.25, -0.2) is 0 Å². The third-order valence-electron chi connectivity index (χ3n) is 3.33. The summed E-state index contributed by atoms with van der Waals surface area (Å²) in [5.41, 5.74) is 2.65. The summed E-state index contributed by atoms with van der Waals surface area (Å²) in [7, 11) is 1.54. The molecular weight excluding hydrogens is 272 g/mol. The zero-order valence-electron chi connectivity index (χ0n) is 12.4. The summed E-state index contributed by atoms with van der Waals surface area (Å²) in [4.78, 5) is 37.2. The third kappa shape index (κ3) is 2.95. The highest BCUT2D eigenvalue weighted by Crippen LogP contribution is 2.33. The highest BCUT2D eigenvalue weighted by molar-refractivity contribution is 6.52. The molecule has 0 bridgehead atoms. The number of fused-ring (bicyclic) bond motifs is 1. The van der Waals surface area contributed by atoms with E-state index in [4.69, 9.17) is 4.74 Å². The number of nitrogens with one attached hydrogen (secondary N) is 1. The summed E-state index contributed by atoms with van der Waals surface area (Å²) >= 11 is 0. The number of aryl methyl sites for hydroxylation is 2. The summed E-state index contributed by atoms with van der Waals surface area (Å²) in [5.74, 6) is -1.52. The predicted octanol–water partition coefficient (Wildman–Crippen LogP) is 0.595. The molecule has 0 spiro atoms. The second-order valence-corrected chi connectivity index (χ2v) is 5.04. The fourth-order valence-electron chi connectivity index (χ4n) is 2.47. The van der Waals surface area contributed by atoms with Gasteiger partial charge in [-0.1, -0.05) is 6.07 Å². The highest BCUT2D eigenvalue weighted by atomic mass is 16.5. The van der Waals surface area contributed by atoms with Crippen molar-refractivity contribution in [1.82, 2.24) is 5.32 Å². The maximum absolute atomic E-state index is 12.1. The van der Waals surface area contributed by atoms with E-state index >= 15 is 0 Å². The van der Waals surface area contributed by atoms with Gasteiger partial charge in [0.15, 0.2) is 0 Å². The quantitative estimate of drug-likeness (QED) is 0.636. The Kier molecular flexibility index (Phi) is 4.37. The van der Waals surface area contributed by atoms with Crippen LogP contribution in [0.4, 0.5) is 5.69 Å². The van der Waals surface area contributed by atoms with Crippen molar-refractivity contribution in [2.45, 2.75) is 13.8 Å². The summed E-state index contributed by atoms with van der Waals surface area (Å²) in [6.45, 7) is 4.29. The van der Waals surface area contributed by atoms with Gasteiger partial charge in [0, 0.05) is 13.7 Å². The number of carbonyl (C=O) groups excluding carboxylic acids is 3. The molecular formula is C15H18N2O4. The van der Waals surface area contributed by atoms with Crippen LogP contribution in [0.2, 0.25) is 0 Å². The van der Waals surface area contributed by atoms with E-state index in [1.807, 2.05) is 19.9 Å². The van der Waals surface area contributed by atoms with E-state index in [-0.39, 0.29) is 12.5 Å². The maximum Gasteiger partial charge on any atom is 0.299 e. The van der Waals surface area contributed by atoms with Crippen molar-refractivity contribution in [3.63, 3.8) is 0 Å². The van der Waals surface area contributed by atoms with Crippen molar-refractivity contribution in [3.05, 3.63) is 28.8 Å². The number of Topliss-reactive ketones (excluding diaryl/α,β-unsaturated/α-hetero) is 1. The SMILES string of the molecule is COCCNC(=O)CN1C(=O)C(=O)c2cc(C)cc(C)c21. The van der Waals surface area contributed by atoms with Crippen LogP contribution in [0.5, 0.6) is 0 Å². The molecule has 2 rings (SSSR count). The van der Waals surface area contributed by atoms with Gasteiger partial charge in [-0.05, 0) is 31.0 Å². The lowest BCUT2D eigenvalue weighted by atomic mass is 10.0. The number of rotatable bonds is 5. The average Bonchev–Trinajstić information content (AvgIpc) is 2.64. The highest BCUT2D eigenvalue weighted by Gasteiger charge is 2.37. The molecule has 0 saturated heterocycles. The van der Waals surface area contributed by atoms with Gasteiger partial charge >= 0.3 is 0 Å². The number of ketones is 1. The van der Waals surface area contributed by atoms with Crippen LogP contribution in [-0.4, -0.2) is 44.4 Å². The van der Waals surface area contributed by atoms with E-state index in [1.165, 1.54) is 12.0 Å². The first-order valence-corrected chi connectivity index (χ1v) is 6.68. The van der Waals surface area contributed by atoms with E-state index in [0.717, 1.165) is 11.1 Å². The Morgan fingerprint density at radius 3 is 2.67 bits per heavy atom. The molecule has 2 amide bonds. The first-order valence-electron chi connectivity index (χ1n) is 6.68. The lowest BCUT2D eigenvalue weighted by molar-refractivity contribution is -0.122. The predicted molar refractivity (Wildman–Crippen MR) is 77.5 cm³/mol. The Bertz CT molecular complexity index is 610. The number of hydrogen-bond acceptors (Lipinski definition) is 4. The van der Waals surface area contributed by atoms with Crippen LogP contribution >= 0.6 is 0 Å². The van der Waals surface area contributed by atoms with Gasteiger partial charge in [0.05, 0.1) is 17.9 Å². The largest absolute Gasteiger partial charge is 0.383 e. The van der Waals surface area contributed by atoms with Gasteiger partial charge in [-0.3, -0.25) is 19.3 Å². The molecule has 0 fully saturated rings. The topological polar surface area (TPSA) is 75.7 Å². The van der Waals surface area contributed by atoms with Crippen LogP contribution in [0, 0.1) is 13.8 Å². The maximum atomic E-state index is 12.1. The van der Waals surface area contributed by atoms with Gasteiger partial charge in [-0.2, -0.15) is 0 Å². The summed E-state index contributed by atoms with van der Waals surface area (Å²) in [6, 6.07) is 3.58. The second-order valence-electron chi connectivity index (χ2n) is 5.04. The molecule has 0 atom stereocenters. The molecule has 1 heterocycles. The minimum Gasteiger partial charge on any atom is -0.383 e. The van der Waals surface area contributed by atoms with E-state index in [0.29, 0.717) is 24.4 Å². The van der Waals surface area contributed by atoms with Gasteiger partial charge in [0.2, 0.25) is 5.91 Å². The van der Waals surface area contributed by atoms with E-state index in [1.54, 1.807) is 6.07 Å². The van der Waals surface area contributed by atoms with Crippen LogP contribution < -0.4 is 10.2 Å². The molecule has 6 nitrogen and oxygen atoms in total. The summed E-state index contributed by atoms with van der Waals surface area (Å²) in [6.07, 6.45) is 0. The van der Waals surface area contributed by atoms with Gasteiger partial charge in [0.1, 0.15) is 6.54 Å². The Balaban J connectivity index is 2.21. The summed E-state index contributed by atoms with van der Waals surface area (Å²) in [5, 5.41) is 2.64. The van der Waals surface area contributed by atoms with Crippen LogP contribution in [0.15, 0.2) is 12.1 Å². The van der Waals surface area contributed by atoms with Crippen molar-refractivity contribution in [1.29, 1.82) is 0 Å². The smallest absolute Gasteiger partial charge is 0.299 e. The number of ether oxygens (including phenoxy) is 1. The van der Waals surface area contributed by atoms with Gasteiger partial charge in [-0.15, -0.1) is 0 Å². The van der Waals surface area contributed by atoms with Gasteiger partial charge < -0.3 is 10.1 Å². The second kappa shape index (κ2) is 6.05. The van der Waals surface area contributed by atoms with E-state index in [2.05, 4.69) is 5.32 Å². The van der Waals surface area contributed by atoms with Crippen molar-refractivity contribution in [3.8, 4) is 0 Å². The molecule has 0 saturated carbocycles. The molecule has 0 unspecified atom stereocenters. The number of benzene rings is 1. The molecule has 1 aliphatic heterocycles. The van der Waals surface area contributed by atoms with Crippen molar-refractivity contribution < 1.29 is 19.1 Å². The third-order valence-corrected chi connectivity index (χ3v) is 3.33. The minimum atomic E-state index is -0.652. The van der Waals surface area contributed by atoms with Crippen molar-refractivity contribution >= 4 is 23.3 Å². The zero-order chi connectivity index (χ0) is 15.6. The fourth-order valence-corrected chi connectivity index (χ4v) is 2.47. The molecule has 0 radical (unpaired) electrons. The lowest BCUT2D eigenvalue weighted by Crippen LogP contribution is -2.41. The molecule has 112 valence electrons. The standard InChI is InChI=1S/C15H18N2O4/c1-9-6-10(2)13-11(7-9)14(19)15(20)17(13)8-12(18)16-4-5-21-3/h6-7H,4-5,8H2,1-3H3,(H,16,18). The van der Waals surface area contributed by atoms with Crippen LogP contribution in [-0.2, 0) is 14.3 Å². The Morgan fingerprint density at radius 1 is 1.29 bits per heavy atom. The molecule has 1 N–H and O–H groups in total. The van der Waals surface area contributed by atoms with Crippen molar-refractivity contribution in [2.24, 2.45) is 0 Å². The first-order chi connectivity index (χ1) is 9.95. The zero-order valence-corrected chi connectivity index (χ0v) is 12.4. The normalized spacial score (nSPS) is 13.6. The molecule has 0 aliphatic carbocycles. The van der Waals surface area contributed by atoms with Gasteiger partial charge in [0.25, 0.3) is 11.7 Å². The first kappa shape index (κ1) is 15.2. The van der Waals surface area contributed by atoms with Crippen LogP contribution in [0.1, 0.15) is 21.5 Å². The number of nitrogens with zero attached hydrogens (tertiary/aromatic N) is 1. The summed E-state index contributed by atoms with van der Waals surface area (Å²) < 4.78 is 4.84. The Hall–Kier alpha value is -2.21. The number of methoxy groups -OCH3 is 1. The molecule has 0 aromatic heterocycles. The average molecular weight is 290 g/mol. The number of carbonyl (C=O) groups is 3. The number of amides is 2.